The van der Waals surface area contributed by atoms with E-state index in [1.54, 1.807) is 0 Å². The average Bonchev–Trinajstić information content (AvgIpc) is 3.21. The zero-order chi connectivity index (χ0) is 25.9. The Balaban J connectivity index is 1.46. The Morgan fingerprint density at radius 3 is 1.89 bits per heavy atom. The molecule has 1 aliphatic carbocycles. The van der Waals surface area contributed by atoms with Crippen molar-refractivity contribution < 1.29 is 19.2 Å². The van der Waals surface area contributed by atoms with E-state index in [1.807, 2.05) is 47.0 Å². The van der Waals surface area contributed by atoms with Gasteiger partial charge in [-0.3, -0.25) is 29.0 Å². The third-order valence-electron chi connectivity index (χ3n) is 7.02. The lowest BCUT2D eigenvalue weighted by Gasteiger charge is -2.34. The van der Waals surface area contributed by atoms with Gasteiger partial charge in [0.25, 0.3) is 0 Å². The lowest BCUT2D eigenvalue weighted by molar-refractivity contribution is -0.158. The van der Waals surface area contributed by atoms with E-state index >= 15 is 0 Å². The van der Waals surface area contributed by atoms with E-state index in [4.69, 9.17) is 0 Å². The van der Waals surface area contributed by atoms with Crippen LogP contribution in [0.5, 0.6) is 0 Å². The first-order chi connectivity index (χ1) is 17.5. The number of amides is 4. The minimum Gasteiger partial charge on any atom is -0.282 e. The summed E-state index contributed by atoms with van der Waals surface area (Å²) < 4.78 is 0. The van der Waals surface area contributed by atoms with E-state index < -0.39 is 11.8 Å². The van der Waals surface area contributed by atoms with Crippen LogP contribution in [0, 0.1) is 23.7 Å². The predicted octanol–water partition coefficient (Wildman–Crippen LogP) is 4.04. The maximum Gasteiger partial charge on any atom is 0.233 e. The fraction of sp³-hybridized carbons (Fsp3) is 0.840. The Morgan fingerprint density at radius 1 is 0.722 bits per heavy atom. The van der Waals surface area contributed by atoms with Crippen LogP contribution in [0.3, 0.4) is 0 Å². The van der Waals surface area contributed by atoms with Crippen LogP contribution in [0.2, 0.25) is 0 Å². The van der Waals surface area contributed by atoms with Crippen molar-refractivity contribution in [2.75, 3.05) is 64.9 Å². The molecule has 1 saturated carbocycles. The highest BCUT2D eigenvalue weighted by Crippen LogP contribution is 2.51. The molecule has 0 aromatic heterocycles. The van der Waals surface area contributed by atoms with Gasteiger partial charge < -0.3 is 0 Å². The summed E-state index contributed by atoms with van der Waals surface area (Å²) in [6.45, 7) is 3.02. The maximum atomic E-state index is 13.4. The molecule has 3 aliphatic rings. The Labute approximate surface area is 238 Å². The predicted molar refractivity (Wildman–Crippen MR) is 159 cm³/mol. The molecule has 0 aromatic rings. The lowest BCUT2D eigenvalue weighted by atomic mass is 9.80. The third kappa shape index (κ3) is 8.02. The number of carbonyl (C=O) groups is 4. The molecular formula is C25H40N2O4S5. The van der Waals surface area contributed by atoms with Crippen molar-refractivity contribution in [2.24, 2.45) is 23.7 Å². The standard InChI is InChI=1S/C25H40N2O4S5/c1-2-8-33-12-13-35-10-4-6-27-23(29)19-16-20(24(27)30)22-18(19)17-21(28)26(25(22)31)5-3-9-34-14-15-36-11-7-32/h18-20,22,32H,2-17H2,1H3/t18?,19-,20?,22?/m0/s1. The number of hydrogen-bond donors (Lipinski definition) is 1. The van der Waals surface area contributed by atoms with Crippen LogP contribution < -0.4 is 0 Å². The van der Waals surface area contributed by atoms with E-state index in [0.717, 1.165) is 58.9 Å². The molecule has 2 bridgehead atoms. The van der Waals surface area contributed by atoms with E-state index in [9.17, 15) is 19.2 Å². The van der Waals surface area contributed by atoms with Gasteiger partial charge in [-0.1, -0.05) is 6.92 Å². The number of imide groups is 2. The minimum absolute atomic E-state index is 0.159. The summed E-state index contributed by atoms with van der Waals surface area (Å²) in [4.78, 5) is 55.4. The van der Waals surface area contributed by atoms with Crippen LogP contribution in [-0.2, 0) is 19.2 Å². The molecule has 0 radical (unpaired) electrons. The molecule has 0 aromatic carbocycles. The number of hydrogen-bond acceptors (Lipinski definition) is 9. The number of thiol groups is 1. The first-order valence-corrected chi connectivity index (χ1v) is 18.4. The molecule has 0 N–H and O–H groups in total. The van der Waals surface area contributed by atoms with E-state index in [1.165, 1.54) is 22.0 Å². The Hall–Kier alpha value is 0.0300. The smallest absolute Gasteiger partial charge is 0.233 e. The molecular weight excluding hydrogens is 553 g/mol. The van der Waals surface area contributed by atoms with Crippen molar-refractivity contribution in [3.63, 3.8) is 0 Å². The van der Waals surface area contributed by atoms with Crippen LogP contribution >= 0.6 is 59.7 Å². The molecule has 2 heterocycles. The molecule has 2 saturated heterocycles. The van der Waals surface area contributed by atoms with Crippen molar-refractivity contribution >= 4 is 83.3 Å². The van der Waals surface area contributed by atoms with Crippen LogP contribution in [0.1, 0.15) is 39.0 Å². The van der Waals surface area contributed by atoms with Crippen LogP contribution in [-0.4, -0.2) is 98.3 Å². The second-order valence-corrected chi connectivity index (χ2v) is 14.8. The number of rotatable bonds is 18. The molecule has 11 heteroatoms. The van der Waals surface area contributed by atoms with Crippen molar-refractivity contribution in [3.8, 4) is 0 Å². The van der Waals surface area contributed by atoms with E-state index in [0.29, 0.717) is 19.5 Å². The van der Waals surface area contributed by atoms with Gasteiger partial charge >= 0.3 is 0 Å². The number of fused-ring (bicyclic) bond motifs is 5. The van der Waals surface area contributed by atoms with Gasteiger partial charge in [0, 0.05) is 54.2 Å². The topological polar surface area (TPSA) is 74.8 Å². The highest BCUT2D eigenvalue weighted by Gasteiger charge is 2.61. The number of thioether (sulfide) groups is 4. The zero-order valence-electron chi connectivity index (χ0n) is 21.2. The average molecular weight is 593 g/mol. The molecule has 3 unspecified atom stereocenters. The molecule has 4 amide bonds. The number of nitrogens with zero attached hydrogens (tertiary/aromatic N) is 2. The van der Waals surface area contributed by atoms with Crippen molar-refractivity contribution in [2.45, 2.75) is 39.0 Å². The first kappa shape index (κ1) is 30.6. The SMILES string of the molecule is CCCSCCSCCCN1C(=O)C2C[C@H](C1=O)C1CC(=O)N(CCCSCCSCCS)C(=O)C21. The van der Waals surface area contributed by atoms with Gasteiger partial charge in [0.05, 0.1) is 11.8 Å². The molecule has 2 aliphatic heterocycles. The number of carbonyl (C=O) groups excluding carboxylic acids is 4. The summed E-state index contributed by atoms with van der Waals surface area (Å²) in [5.41, 5.74) is 0. The maximum absolute atomic E-state index is 13.4. The second kappa shape index (κ2) is 16.2. The van der Waals surface area contributed by atoms with E-state index in [-0.39, 0.29) is 41.9 Å². The molecule has 204 valence electrons. The van der Waals surface area contributed by atoms with Crippen LogP contribution in [0.4, 0.5) is 0 Å². The largest absolute Gasteiger partial charge is 0.282 e. The highest BCUT2D eigenvalue weighted by atomic mass is 32.2. The molecule has 4 atom stereocenters. The number of likely N-dealkylation sites (tertiary alicyclic amines) is 2. The lowest BCUT2D eigenvalue weighted by Crippen LogP contribution is -2.51. The summed E-state index contributed by atoms with van der Waals surface area (Å²) in [6, 6.07) is 0. The number of piperidine rings is 2. The Bertz CT molecular complexity index is 771. The molecule has 36 heavy (non-hydrogen) atoms. The highest BCUT2D eigenvalue weighted by molar-refractivity contribution is 8.03. The normalized spacial score (nSPS) is 25.7. The Kier molecular flexibility index (Phi) is 13.8. The summed E-state index contributed by atoms with van der Waals surface area (Å²) >= 11 is 11.8. The van der Waals surface area contributed by atoms with E-state index in [2.05, 4.69) is 19.6 Å². The van der Waals surface area contributed by atoms with Crippen molar-refractivity contribution in [1.29, 1.82) is 0 Å². The second-order valence-electron chi connectivity index (χ2n) is 9.43. The summed E-state index contributed by atoms with van der Waals surface area (Å²) in [6.07, 6.45) is 3.38. The fourth-order valence-electron chi connectivity index (χ4n) is 5.39. The van der Waals surface area contributed by atoms with Crippen LogP contribution in [0.25, 0.3) is 0 Å². The molecule has 3 rings (SSSR count). The third-order valence-corrected chi connectivity index (χ3v) is 12.4. The van der Waals surface area contributed by atoms with Gasteiger partial charge in [-0.05, 0) is 54.6 Å². The first-order valence-electron chi connectivity index (χ1n) is 13.1. The monoisotopic (exact) mass is 592 g/mol. The van der Waals surface area contributed by atoms with Gasteiger partial charge in [-0.15, -0.1) is 0 Å². The summed E-state index contributed by atoms with van der Waals surface area (Å²) in [5, 5.41) is 0. The molecule has 0 spiro atoms. The van der Waals surface area contributed by atoms with Crippen molar-refractivity contribution in [1.82, 2.24) is 9.80 Å². The molecule has 3 fully saturated rings. The van der Waals surface area contributed by atoms with Gasteiger partial charge in [-0.2, -0.15) is 59.7 Å². The van der Waals surface area contributed by atoms with Gasteiger partial charge in [-0.25, -0.2) is 0 Å². The van der Waals surface area contributed by atoms with Crippen molar-refractivity contribution in [3.05, 3.63) is 0 Å². The summed E-state index contributed by atoms with van der Waals surface area (Å²) in [5.74, 6) is 6.94. The summed E-state index contributed by atoms with van der Waals surface area (Å²) in [7, 11) is 0. The van der Waals surface area contributed by atoms with Gasteiger partial charge in [0.1, 0.15) is 0 Å². The molecule has 6 nitrogen and oxygen atoms in total. The Morgan fingerprint density at radius 2 is 1.28 bits per heavy atom. The fourth-order valence-corrected chi connectivity index (χ4v) is 9.56. The van der Waals surface area contributed by atoms with Crippen LogP contribution in [0.15, 0.2) is 0 Å². The minimum atomic E-state index is -0.510. The quantitative estimate of drug-likeness (QED) is 0.145. The van der Waals surface area contributed by atoms with Gasteiger partial charge in [0.2, 0.25) is 23.6 Å². The van der Waals surface area contributed by atoms with Gasteiger partial charge in [0.15, 0.2) is 0 Å². The zero-order valence-corrected chi connectivity index (χ0v) is 25.4.